The van der Waals surface area contributed by atoms with E-state index in [1.54, 1.807) is 0 Å². The predicted molar refractivity (Wildman–Crippen MR) is 102 cm³/mol. The number of allylic oxidation sites excluding steroid dienone is 2. The third-order valence-electron chi connectivity index (χ3n) is 5.73. The van der Waals surface area contributed by atoms with Crippen LogP contribution >= 0.6 is 0 Å². The quantitative estimate of drug-likeness (QED) is 0.686. The Labute approximate surface area is 152 Å². The number of rotatable bonds is 3. The lowest BCUT2D eigenvalue weighted by atomic mass is 9.72. The average Bonchev–Trinajstić information content (AvgIpc) is 3.05. The van der Waals surface area contributed by atoms with Gasteiger partial charge in [0.25, 0.3) is 0 Å². The molecule has 3 heteroatoms. The molecule has 1 heterocycles. The van der Waals surface area contributed by atoms with Crippen molar-refractivity contribution in [1.29, 1.82) is 0 Å². The second-order valence-electron chi connectivity index (χ2n) is 7.30. The van der Waals surface area contributed by atoms with Crippen LogP contribution in [-0.2, 0) is 17.8 Å². The van der Waals surface area contributed by atoms with Crippen molar-refractivity contribution in [3.63, 3.8) is 0 Å². The van der Waals surface area contributed by atoms with E-state index in [1.165, 1.54) is 11.3 Å². The van der Waals surface area contributed by atoms with Gasteiger partial charge in [0.2, 0.25) is 0 Å². The number of ketones is 1. The van der Waals surface area contributed by atoms with Crippen LogP contribution in [0.5, 0.6) is 5.75 Å². The summed E-state index contributed by atoms with van der Waals surface area (Å²) in [5.74, 6) is 1.68. The molecule has 2 atom stereocenters. The minimum Gasteiger partial charge on any atom is -0.489 e. The third kappa shape index (κ3) is 2.55. The van der Waals surface area contributed by atoms with Gasteiger partial charge in [0.1, 0.15) is 18.1 Å². The number of hydrogen-bond acceptors (Lipinski definition) is 2. The smallest absolute Gasteiger partial charge is 0.141 e. The Bertz CT molecular complexity index is 1000. The number of fused-ring (bicyclic) bond motifs is 5. The van der Waals surface area contributed by atoms with Crippen molar-refractivity contribution in [3.05, 3.63) is 77.5 Å². The van der Waals surface area contributed by atoms with Crippen LogP contribution in [0.4, 0.5) is 0 Å². The predicted octanol–water partition coefficient (Wildman–Crippen LogP) is 4.92. The minimum atomic E-state index is 0.148. The number of H-pyrrole nitrogens is 1. The largest absolute Gasteiger partial charge is 0.489 e. The van der Waals surface area contributed by atoms with Crippen molar-refractivity contribution in [2.24, 2.45) is 5.92 Å². The maximum absolute atomic E-state index is 12.6. The summed E-state index contributed by atoms with van der Waals surface area (Å²) < 4.78 is 5.98. The summed E-state index contributed by atoms with van der Waals surface area (Å²) in [6.45, 7) is 0.549. The highest BCUT2D eigenvalue weighted by Crippen LogP contribution is 2.43. The number of hydrogen-bond donors (Lipinski definition) is 1. The van der Waals surface area contributed by atoms with Crippen LogP contribution in [0, 0.1) is 5.92 Å². The van der Waals surface area contributed by atoms with Gasteiger partial charge in [-0.1, -0.05) is 42.5 Å². The number of Topliss-reactive ketones (excluding diaryl/α,β-unsaturated/α-hetero) is 1. The molecule has 0 saturated heterocycles. The lowest BCUT2D eigenvalue weighted by Gasteiger charge is -2.31. The molecule has 0 aliphatic heterocycles. The molecule has 0 bridgehead atoms. The Morgan fingerprint density at radius 3 is 2.65 bits per heavy atom. The molecule has 0 spiro atoms. The first-order valence-corrected chi connectivity index (χ1v) is 9.28. The molecule has 1 aromatic heterocycles. The number of carbonyl (C=O) groups excluding carboxylic acids is 1. The van der Waals surface area contributed by atoms with Gasteiger partial charge in [-0.2, -0.15) is 0 Å². The van der Waals surface area contributed by atoms with Crippen LogP contribution < -0.4 is 4.74 Å². The molecule has 1 N–H and O–H groups in total. The molecule has 2 aromatic carbocycles. The second kappa shape index (κ2) is 6.17. The van der Waals surface area contributed by atoms with Gasteiger partial charge in [-0.15, -0.1) is 0 Å². The zero-order chi connectivity index (χ0) is 17.5. The first-order valence-electron chi connectivity index (χ1n) is 9.28. The van der Waals surface area contributed by atoms with Gasteiger partial charge in [-0.3, -0.25) is 4.79 Å². The van der Waals surface area contributed by atoms with Crippen molar-refractivity contribution in [2.45, 2.75) is 31.8 Å². The van der Waals surface area contributed by atoms with Gasteiger partial charge >= 0.3 is 0 Å². The zero-order valence-electron chi connectivity index (χ0n) is 14.6. The van der Waals surface area contributed by atoms with Crippen LogP contribution in [0.1, 0.15) is 35.6 Å². The summed E-state index contributed by atoms with van der Waals surface area (Å²) in [5, 5.41) is 1.13. The molecular formula is C23H21NO2. The van der Waals surface area contributed by atoms with E-state index >= 15 is 0 Å². The standard InChI is InChI=1S/C23H21NO2/c25-22-13-20-19-12-16(26-14-15-6-2-1-3-7-15)10-11-21(19)24-23(20)18-9-5-4-8-17(18)22/h1-7,10-12,17-18,24H,8-9,13-14H2/t17-,18+/m1/s1. The first-order chi connectivity index (χ1) is 12.8. The number of benzene rings is 2. The molecule has 26 heavy (non-hydrogen) atoms. The Morgan fingerprint density at radius 2 is 1.81 bits per heavy atom. The van der Waals surface area contributed by atoms with E-state index in [-0.39, 0.29) is 5.92 Å². The van der Waals surface area contributed by atoms with Crippen molar-refractivity contribution < 1.29 is 9.53 Å². The van der Waals surface area contributed by atoms with Crippen molar-refractivity contribution in [2.75, 3.05) is 0 Å². The van der Waals surface area contributed by atoms with E-state index in [2.05, 4.69) is 41.4 Å². The van der Waals surface area contributed by atoms with Crippen LogP contribution in [0.15, 0.2) is 60.7 Å². The fourth-order valence-corrected chi connectivity index (χ4v) is 4.38. The lowest BCUT2D eigenvalue weighted by molar-refractivity contribution is -0.123. The summed E-state index contributed by atoms with van der Waals surface area (Å²) in [6, 6.07) is 16.3. The Kier molecular flexibility index (Phi) is 3.66. The van der Waals surface area contributed by atoms with Crippen LogP contribution in [0.25, 0.3) is 10.9 Å². The number of aromatic nitrogens is 1. The van der Waals surface area contributed by atoms with Crippen LogP contribution in [-0.4, -0.2) is 10.8 Å². The minimum absolute atomic E-state index is 0.148. The maximum atomic E-state index is 12.6. The monoisotopic (exact) mass is 343 g/mol. The lowest BCUT2D eigenvalue weighted by Crippen LogP contribution is -2.30. The SMILES string of the molecule is O=C1Cc2c([nH]c3ccc(OCc4ccccc4)cc23)[C@H]2CC=CC[C@@H]12. The second-order valence-corrected chi connectivity index (χ2v) is 7.30. The normalized spacial score (nSPS) is 21.5. The number of nitrogens with one attached hydrogen (secondary N) is 1. The van der Waals surface area contributed by atoms with Crippen LogP contribution in [0.3, 0.4) is 0 Å². The molecule has 5 rings (SSSR count). The molecule has 0 amide bonds. The van der Waals surface area contributed by atoms with E-state index in [0.29, 0.717) is 24.7 Å². The summed E-state index contributed by atoms with van der Waals surface area (Å²) >= 11 is 0. The molecule has 0 fully saturated rings. The molecule has 2 aliphatic carbocycles. The van der Waals surface area contributed by atoms with E-state index in [1.807, 2.05) is 24.3 Å². The maximum Gasteiger partial charge on any atom is 0.141 e. The molecular weight excluding hydrogens is 322 g/mol. The highest BCUT2D eigenvalue weighted by Gasteiger charge is 2.37. The van der Waals surface area contributed by atoms with Gasteiger partial charge in [-0.05, 0) is 42.2 Å². The fraction of sp³-hybridized carbons (Fsp3) is 0.261. The van der Waals surface area contributed by atoms with Gasteiger partial charge in [0.05, 0.1) is 0 Å². The highest BCUT2D eigenvalue weighted by atomic mass is 16.5. The van der Waals surface area contributed by atoms with Crippen molar-refractivity contribution >= 4 is 16.7 Å². The third-order valence-corrected chi connectivity index (χ3v) is 5.73. The number of ether oxygens (including phenoxy) is 1. The van der Waals surface area contributed by atoms with Gasteiger partial charge in [-0.25, -0.2) is 0 Å². The molecule has 0 radical (unpaired) electrons. The molecule has 3 aromatic rings. The summed E-state index contributed by atoms with van der Waals surface area (Å²) in [5.41, 5.74) is 4.68. The fourth-order valence-electron chi connectivity index (χ4n) is 4.38. The van der Waals surface area contributed by atoms with E-state index in [9.17, 15) is 4.79 Å². The molecule has 3 nitrogen and oxygen atoms in total. The van der Waals surface area contributed by atoms with Crippen LogP contribution in [0.2, 0.25) is 0 Å². The Balaban J connectivity index is 1.49. The Hall–Kier alpha value is -2.81. The van der Waals surface area contributed by atoms with E-state index < -0.39 is 0 Å². The Morgan fingerprint density at radius 1 is 1.00 bits per heavy atom. The summed E-state index contributed by atoms with van der Waals surface area (Å²) in [6.07, 6.45) is 6.73. The topological polar surface area (TPSA) is 42.1 Å². The highest BCUT2D eigenvalue weighted by molar-refractivity contribution is 5.95. The number of carbonyl (C=O) groups is 1. The molecule has 0 saturated carbocycles. The first kappa shape index (κ1) is 15.4. The summed E-state index contributed by atoms with van der Waals surface area (Å²) in [7, 11) is 0. The summed E-state index contributed by atoms with van der Waals surface area (Å²) in [4.78, 5) is 16.2. The van der Waals surface area contributed by atoms with Gasteiger partial charge < -0.3 is 9.72 Å². The molecule has 130 valence electrons. The van der Waals surface area contributed by atoms with Crippen molar-refractivity contribution in [1.82, 2.24) is 4.98 Å². The zero-order valence-corrected chi connectivity index (χ0v) is 14.6. The molecule has 2 aliphatic rings. The van der Waals surface area contributed by atoms with Crippen molar-refractivity contribution in [3.8, 4) is 5.75 Å². The van der Waals surface area contributed by atoms with E-state index in [0.717, 1.165) is 35.1 Å². The van der Waals surface area contributed by atoms with Gasteiger partial charge in [0, 0.05) is 34.9 Å². The molecule has 0 unspecified atom stereocenters. The van der Waals surface area contributed by atoms with Gasteiger partial charge in [0.15, 0.2) is 0 Å². The number of aromatic amines is 1. The average molecular weight is 343 g/mol. The van der Waals surface area contributed by atoms with E-state index in [4.69, 9.17) is 4.74 Å².